The van der Waals surface area contributed by atoms with E-state index >= 15 is 0 Å². The third-order valence-corrected chi connectivity index (χ3v) is 4.02. The van der Waals surface area contributed by atoms with Crippen LogP contribution < -0.4 is 10.2 Å². The van der Waals surface area contributed by atoms with Crippen molar-refractivity contribution >= 4 is 23.3 Å². The molecule has 2 aromatic rings. The fourth-order valence-electron chi connectivity index (χ4n) is 2.72. The van der Waals surface area contributed by atoms with Crippen LogP contribution in [0.3, 0.4) is 0 Å². The van der Waals surface area contributed by atoms with Crippen molar-refractivity contribution < 1.29 is 14.3 Å². The Balaban J connectivity index is 1.98. The summed E-state index contributed by atoms with van der Waals surface area (Å²) in [4.78, 5) is 33.9. The molecule has 1 atom stereocenters. The van der Waals surface area contributed by atoms with Crippen molar-refractivity contribution in [1.82, 2.24) is 9.97 Å². The summed E-state index contributed by atoms with van der Waals surface area (Å²) in [5.41, 5.74) is 3.56. The molecule has 7 heteroatoms. The Morgan fingerprint density at radius 2 is 2.08 bits per heavy atom. The summed E-state index contributed by atoms with van der Waals surface area (Å²) in [6.07, 6.45) is 3.20. The standard InChI is InChI=1S/C17H18N4O3/c1-21(2)10-4-5-11-12(7-16(22)20-13(11)6-10)14-8-19-15(9-18-14)17(23)24-3/h4-6,8-9,12H,7H2,1-3H3,(H,20,22). The van der Waals surface area contributed by atoms with E-state index in [9.17, 15) is 9.59 Å². The van der Waals surface area contributed by atoms with Crippen LogP contribution in [0.15, 0.2) is 30.6 Å². The molecule has 24 heavy (non-hydrogen) atoms. The van der Waals surface area contributed by atoms with Crippen LogP contribution in [-0.4, -0.2) is 43.0 Å². The monoisotopic (exact) mass is 326 g/mol. The Kier molecular flexibility index (Phi) is 4.16. The van der Waals surface area contributed by atoms with Gasteiger partial charge in [0.1, 0.15) is 0 Å². The number of methoxy groups -OCH3 is 1. The number of fused-ring (bicyclic) bond motifs is 1. The van der Waals surface area contributed by atoms with Gasteiger partial charge < -0.3 is 15.0 Å². The summed E-state index contributed by atoms with van der Waals surface area (Å²) >= 11 is 0. The summed E-state index contributed by atoms with van der Waals surface area (Å²) in [7, 11) is 5.18. The van der Waals surface area contributed by atoms with Crippen molar-refractivity contribution in [3.63, 3.8) is 0 Å². The van der Waals surface area contributed by atoms with Crippen LogP contribution in [0.2, 0.25) is 0 Å². The molecule has 0 saturated heterocycles. The molecule has 1 unspecified atom stereocenters. The Morgan fingerprint density at radius 3 is 2.71 bits per heavy atom. The van der Waals surface area contributed by atoms with Crippen LogP contribution in [-0.2, 0) is 9.53 Å². The molecular formula is C17H18N4O3. The van der Waals surface area contributed by atoms with E-state index in [2.05, 4.69) is 20.0 Å². The van der Waals surface area contributed by atoms with E-state index in [0.29, 0.717) is 12.1 Å². The number of nitrogens with one attached hydrogen (secondary N) is 1. The first-order chi connectivity index (χ1) is 11.5. The Bertz CT molecular complexity index is 787. The fraction of sp³-hybridized carbons (Fsp3) is 0.294. The highest BCUT2D eigenvalue weighted by Crippen LogP contribution is 2.37. The maximum absolute atomic E-state index is 12.1. The first-order valence-electron chi connectivity index (χ1n) is 7.51. The van der Waals surface area contributed by atoms with Crippen LogP contribution in [0.4, 0.5) is 11.4 Å². The van der Waals surface area contributed by atoms with Gasteiger partial charge in [-0.2, -0.15) is 0 Å². The lowest BCUT2D eigenvalue weighted by Crippen LogP contribution is -2.24. The number of rotatable bonds is 3. The van der Waals surface area contributed by atoms with Gasteiger partial charge in [0.25, 0.3) is 0 Å². The molecule has 0 saturated carbocycles. The molecule has 3 rings (SSSR count). The number of ether oxygens (including phenoxy) is 1. The maximum atomic E-state index is 12.1. The van der Waals surface area contributed by atoms with Gasteiger partial charge in [0, 0.05) is 37.8 Å². The molecule has 1 amide bonds. The van der Waals surface area contributed by atoms with Crippen molar-refractivity contribution in [3.05, 3.63) is 47.5 Å². The van der Waals surface area contributed by atoms with Gasteiger partial charge >= 0.3 is 5.97 Å². The van der Waals surface area contributed by atoms with Crippen LogP contribution in [0.1, 0.15) is 34.1 Å². The van der Waals surface area contributed by atoms with Crippen molar-refractivity contribution in [1.29, 1.82) is 0 Å². The number of benzene rings is 1. The molecular weight excluding hydrogens is 308 g/mol. The number of carbonyl (C=O) groups is 2. The number of esters is 1. The summed E-state index contributed by atoms with van der Waals surface area (Å²) in [6, 6.07) is 5.93. The van der Waals surface area contributed by atoms with Gasteiger partial charge in [0.05, 0.1) is 25.2 Å². The second-order valence-corrected chi connectivity index (χ2v) is 5.79. The minimum atomic E-state index is -0.536. The zero-order chi connectivity index (χ0) is 17.3. The van der Waals surface area contributed by atoms with Crippen molar-refractivity contribution in [3.8, 4) is 0 Å². The smallest absolute Gasteiger partial charge is 0.358 e. The molecule has 0 radical (unpaired) electrons. The zero-order valence-electron chi connectivity index (χ0n) is 13.7. The van der Waals surface area contributed by atoms with Crippen molar-refractivity contribution in [2.45, 2.75) is 12.3 Å². The molecule has 2 heterocycles. The van der Waals surface area contributed by atoms with E-state index in [1.807, 2.05) is 37.2 Å². The molecule has 1 aromatic heterocycles. The first-order valence-corrected chi connectivity index (χ1v) is 7.51. The second-order valence-electron chi connectivity index (χ2n) is 5.79. The minimum Gasteiger partial charge on any atom is -0.464 e. The highest BCUT2D eigenvalue weighted by Gasteiger charge is 2.28. The quantitative estimate of drug-likeness (QED) is 0.866. The van der Waals surface area contributed by atoms with E-state index in [1.165, 1.54) is 19.5 Å². The third kappa shape index (κ3) is 2.92. The normalized spacial score (nSPS) is 16.1. The van der Waals surface area contributed by atoms with Gasteiger partial charge in [-0.15, -0.1) is 0 Å². The van der Waals surface area contributed by atoms with E-state index < -0.39 is 5.97 Å². The number of nitrogens with zero attached hydrogens (tertiary/aromatic N) is 3. The SMILES string of the molecule is COC(=O)c1cnc(C2CC(=O)Nc3cc(N(C)C)ccc32)cn1. The number of hydrogen-bond acceptors (Lipinski definition) is 6. The Morgan fingerprint density at radius 1 is 1.29 bits per heavy atom. The molecule has 1 aliphatic rings. The van der Waals surface area contributed by atoms with Crippen LogP contribution in [0, 0.1) is 0 Å². The first kappa shape index (κ1) is 15.9. The fourth-order valence-corrected chi connectivity index (χ4v) is 2.72. The summed E-state index contributed by atoms with van der Waals surface area (Å²) < 4.78 is 4.62. The van der Waals surface area contributed by atoms with Crippen molar-refractivity contribution in [2.24, 2.45) is 0 Å². The Labute approximate surface area is 139 Å². The lowest BCUT2D eigenvalue weighted by atomic mass is 9.88. The van der Waals surface area contributed by atoms with Gasteiger partial charge in [0.2, 0.25) is 5.91 Å². The molecule has 1 aromatic carbocycles. The van der Waals surface area contributed by atoms with Crippen LogP contribution in [0.25, 0.3) is 0 Å². The zero-order valence-corrected chi connectivity index (χ0v) is 13.7. The number of aromatic nitrogens is 2. The lowest BCUT2D eigenvalue weighted by molar-refractivity contribution is -0.116. The average molecular weight is 326 g/mol. The second kappa shape index (κ2) is 6.27. The van der Waals surface area contributed by atoms with Gasteiger partial charge in [0.15, 0.2) is 5.69 Å². The van der Waals surface area contributed by atoms with E-state index in [1.54, 1.807) is 0 Å². The topological polar surface area (TPSA) is 84.4 Å². The van der Waals surface area contributed by atoms with Gasteiger partial charge in [-0.3, -0.25) is 9.78 Å². The number of carbonyl (C=O) groups excluding carboxylic acids is 2. The van der Waals surface area contributed by atoms with Crippen LogP contribution >= 0.6 is 0 Å². The number of amides is 1. The maximum Gasteiger partial charge on any atom is 0.358 e. The third-order valence-electron chi connectivity index (χ3n) is 4.02. The van der Waals surface area contributed by atoms with Crippen LogP contribution in [0.5, 0.6) is 0 Å². The van der Waals surface area contributed by atoms with Gasteiger partial charge in [-0.25, -0.2) is 9.78 Å². The molecule has 1 aliphatic heterocycles. The molecule has 0 aliphatic carbocycles. The minimum absolute atomic E-state index is 0.0674. The predicted octanol–water partition coefficient (Wildman–Crippen LogP) is 1.80. The molecule has 1 N–H and O–H groups in total. The predicted molar refractivity (Wildman–Crippen MR) is 89.2 cm³/mol. The summed E-state index contributed by atoms with van der Waals surface area (Å²) in [5, 5.41) is 2.91. The molecule has 0 fully saturated rings. The molecule has 0 spiro atoms. The molecule has 124 valence electrons. The highest BCUT2D eigenvalue weighted by atomic mass is 16.5. The lowest BCUT2D eigenvalue weighted by Gasteiger charge is -2.26. The summed E-state index contributed by atoms with van der Waals surface area (Å²) in [5.74, 6) is -0.794. The number of anilines is 2. The van der Waals surface area contributed by atoms with Gasteiger partial charge in [-0.05, 0) is 17.7 Å². The van der Waals surface area contributed by atoms with E-state index in [4.69, 9.17) is 0 Å². The molecule has 7 nitrogen and oxygen atoms in total. The van der Waals surface area contributed by atoms with Gasteiger partial charge in [-0.1, -0.05) is 6.07 Å². The van der Waals surface area contributed by atoms with E-state index in [0.717, 1.165) is 16.9 Å². The number of hydrogen-bond donors (Lipinski definition) is 1. The Hall–Kier alpha value is -2.96. The largest absolute Gasteiger partial charge is 0.464 e. The molecule has 0 bridgehead atoms. The summed E-state index contributed by atoms with van der Waals surface area (Å²) in [6.45, 7) is 0. The van der Waals surface area contributed by atoms with E-state index in [-0.39, 0.29) is 17.5 Å². The average Bonchev–Trinajstić information content (AvgIpc) is 2.59. The highest BCUT2D eigenvalue weighted by molar-refractivity contribution is 5.96. The van der Waals surface area contributed by atoms with Crippen molar-refractivity contribution in [2.75, 3.05) is 31.4 Å².